The van der Waals surface area contributed by atoms with Crippen molar-refractivity contribution in [3.05, 3.63) is 77.5 Å². The Labute approximate surface area is 210 Å². The summed E-state index contributed by atoms with van der Waals surface area (Å²) < 4.78 is 2.43. The number of nitrogens with one attached hydrogen (secondary N) is 1. The minimum absolute atomic E-state index is 0.0297. The van der Waals surface area contributed by atoms with Gasteiger partial charge >= 0.3 is 0 Å². The normalized spacial score (nSPS) is 16.8. The van der Waals surface area contributed by atoms with Crippen LogP contribution < -0.4 is 5.32 Å². The Hall–Kier alpha value is -2.85. The molecule has 0 unspecified atom stereocenters. The summed E-state index contributed by atoms with van der Waals surface area (Å²) in [4.78, 5) is 15.3. The van der Waals surface area contributed by atoms with Crippen molar-refractivity contribution in [2.24, 2.45) is 0 Å². The van der Waals surface area contributed by atoms with E-state index in [1.165, 1.54) is 80.6 Å². The van der Waals surface area contributed by atoms with Crippen LogP contribution in [0.3, 0.4) is 0 Å². The van der Waals surface area contributed by atoms with Crippen LogP contribution in [0.2, 0.25) is 0 Å². The molecule has 1 amide bonds. The SMILES string of the molecule is O=C(NCCCN1CCCCCC1)c1ccc(-n2c(-c3ccccc3)cc3c2CCCCC3)cc1. The molecule has 0 saturated carbocycles. The van der Waals surface area contributed by atoms with Gasteiger partial charge in [0, 0.05) is 23.5 Å². The number of nitrogens with zero attached hydrogens (tertiary/aromatic N) is 2. The third-order valence-electron chi connectivity index (χ3n) is 7.64. The Balaban J connectivity index is 1.28. The number of fused-ring (bicyclic) bond motifs is 1. The highest BCUT2D eigenvalue weighted by molar-refractivity contribution is 5.94. The van der Waals surface area contributed by atoms with Crippen molar-refractivity contribution in [3.63, 3.8) is 0 Å². The topological polar surface area (TPSA) is 37.3 Å². The number of amides is 1. The highest BCUT2D eigenvalue weighted by atomic mass is 16.1. The number of carbonyl (C=O) groups excluding carboxylic acids is 1. The van der Waals surface area contributed by atoms with Gasteiger partial charge in [0.25, 0.3) is 5.91 Å². The first-order valence-corrected chi connectivity index (χ1v) is 13.7. The van der Waals surface area contributed by atoms with Crippen LogP contribution in [0.25, 0.3) is 16.9 Å². The zero-order valence-corrected chi connectivity index (χ0v) is 21.0. The van der Waals surface area contributed by atoms with Gasteiger partial charge in [0.15, 0.2) is 0 Å². The fraction of sp³-hybridized carbons (Fsp3) is 0.452. The average molecular weight is 470 g/mol. The van der Waals surface area contributed by atoms with Gasteiger partial charge in [-0.3, -0.25) is 4.79 Å². The Morgan fingerprint density at radius 1 is 0.800 bits per heavy atom. The van der Waals surface area contributed by atoms with E-state index in [-0.39, 0.29) is 5.91 Å². The second kappa shape index (κ2) is 11.7. The first-order valence-electron chi connectivity index (χ1n) is 13.7. The number of benzene rings is 2. The van der Waals surface area contributed by atoms with Gasteiger partial charge in [0.2, 0.25) is 0 Å². The molecule has 1 N–H and O–H groups in total. The molecule has 2 aromatic carbocycles. The van der Waals surface area contributed by atoms with Gasteiger partial charge in [-0.25, -0.2) is 0 Å². The van der Waals surface area contributed by atoms with E-state index in [0.29, 0.717) is 0 Å². The van der Waals surface area contributed by atoms with E-state index in [2.05, 4.69) is 63.3 Å². The van der Waals surface area contributed by atoms with Gasteiger partial charge in [0.1, 0.15) is 0 Å². The molecule has 0 bridgehead atoms. The molecule has 4 nitrogen and oxygen atoms in total. The lowest BCUT2D eigenvalue weighted by Gasteiger charge is -2.19. The summed E-state index contributed by atoms with van der Waals surface area (Å²) in [6.07, 6.45) is 12.4. The van der Waals surface area contributed by atoms with E-state index in [0.717, 1.165) is 43.6 Å². The third kappa shape index (κ3) is 5.87. The molecule has 0 atom stereocenters. The number of carbonyl (C=O) groups is 1. The van der Waals surface area contributed by atoms with Crippen LogP contribution in [0.1, 0.15) is 73.0 Å². The summed E-state index contributed by atoms with van der Waals surface area (Å²) in [5, 5.41) is 3.13. The van der Waals surface area contributed by atoms with E-state index in [4.69, 9.17) is 0 Å². The number of hydrogen-bond acceptors (Lipinski definition) is 2. The standard InChI is InChI=1S/C31H39N3O/c35-31(32-20-11-23-33-21-9-1-2-10-22-33)26-16-18-28(19-17-26)34-29-15-8-4-7-14-27(29)24-30(34)25-12-5-3-6-13-25/h3,5-6,12-13,16-19,24H,1-2,4,7-11,14-15,20-23H2,(H,32,35). The van der Waals surface area contributed by atoms with Crippen LogP contribution in [-0.4, -0.2) is 41.6 Å². The molecule has 1 saturated heterocycles. The van der Waals surface area contributed by atoms with Crippen molar-refractivity contribution >= 4 is 5.91 Å². The molecule has 4 heteroatoms. The quantitative estimate of drug-likeness (QED) is 0.321. The Kier molecular flexibility index (Phi) is 7.99. The summed E-state index contributed by atoms with van der Waals surface area (Å²) in [5.41, 5.74) is 7.29. The predicted molar refractivity (Wildman–Crippen MR) is 144 cm³/mol. The second-order valence-electron chi connectivity index (χ2n) is 10.2. The number of hydrogen-bond donors (Lipinski definition) is 1. The summed E-state index contributed by atoms with van der Waals surface area (Å²) >= 11 is 0. The summed E-state index contributed by atoms with van der Waals surface area (Å²) in [6, 6.07) is 21.3. The zero-order valence-electron chi connectivity index (χ0n) is 21.0. The fourth-order valence-electron chi connectivity index (χ4n) is 5.72. The molecule has 2 heterocycles. The molecule has 3 aromatic rings. The van der Waals surface area contributed by atoms with Crippen LogP contribution in [0.4, 0.5) is 0 Å². The lowest BCUT2D eigenvalue weighted by molar-refractivity contribution is 0.0951. The summed E-state index contributed by atoms with van der Waals surface area (Å²) in [6.45, 7) is 4.24. The minimum Gasteiger partial charge on any atom is -0.352 e. The van der Waals surface area contributed by atoms with Crippen molar-refractivity contribution < 1.29 is 4.79 Å². The lowest BCUT2D eigenvalue weighted by Crippen LogP contribution is -2.30. The summed E-state index contributed by atoms with van der Waals surface area (Å²) in [7, 11) is 0. The monoisotopic (exact) mass is 469 g/mol. The molecule has 1 fully saturated rings. The number of aromatic nitrogens is 1. The van der Waals surface area contributed by atoms with Crippen molar-refractivity contribution in [1.82, 2.24) is 14.8 Å². The Bertz CT molecular complexity index is 1090. The number of rotatable bonds is 7. The van der Waals surface area contributed by atoms with Crippen molar-refractivity contribution in [3.8, 4) is 16.9 Å². The second-order valence-corrected chi connectivity index (χ2v) is 10.2. The zero-order chi connectivity index (χ0) is 23.9. The number of likely N-dealkylation sites (tertiary alicyclic amines) is 1. The van der Waals surface area contributed by atoms with Crippen LogP contribution in [0, 0.1) is 0 Å². The molecular weight excluding hydrogens is 430 g/mol. The molecule has 1 aliphatic heterocycles. The van der Waals surface area contributed by atoms with Gasteiger partial charge in [-0.05, 0) is 106 Å². The third-order valence-corrected chi connectivity index (χ3v) is 7.64. The van der Waals surface area contributed by atoms with Crippen molar-refractivity contribution in [1.29, 1.82) is 0 Å². The fourth-order valence-corrected chi connectivity index (χ4v) is 5.72. The molecule has 0 spiro atoms. The first-order chi connectivity index (χ1) is 17.3. The highest BCUT2D eigenvalue weighted by Crippen LogP contribution is 2.33. The first kappa shape index (κ1) is 23.9. The molecule has 1 aromatic heterocycles. The van der Waals surface area contributed by atoms with Crippen molar-refractivity contribution in [2.45, 2.75) is 64.2 Å². The summed E-state index contributed by atoms with van der Waals surface area (Å²) in [5.74, 6) is 0.0297. The van der Waals surface area contributed by atoms with E-state index >= 15 is 0 Å². The maximum absolute atomic E-state index is 12.8. The molecule has 0 radical (unpaired) electrons. The van der Waals surface area contributed by atoms with E-state index < -0.39 is 0 Å². The minimum atomic E-state index is 0.0297. The van der Waals surface area contributed by atoms with Gasteiger partial charge in [-0.15, -0.1) is 0 Å². The molecule has 184 valence electrons. The average Bonchev–Trinajstić information content (AvgIpc) is 3.08. The highest BCUT2D eigenvalue weighted by Gasteiger charge is 2.19. The molecule has 5 rings (SSSR count). The molecule has 2 aliphatic rings. The smallest absolute Gasteiger partial charge is 0.251 e. The Morgan fingerprint density at radius 3 is 2.29 bits per heavy atom. The van der Waals surface area contributed by atoms with Gasteiger partial charge in [-0.2, -0.15) is 0 Å². The van der Waals surface area contributed by atoms with Crippen LogP contribution in [0.5, 0.6) is 0 Å². The van der Waals surface area contributed by atoms with Crippen LogP contribution in [0.15, 0.2) is 60.7 Å². The maximum Gasteiger partial charge on any atom is 0.251 e. The molecular formula is C31H39N3O. The van der Waals surface area contributed by atoms with Gasteiger partial charge in [-0.1, -0.05) is 49.6 Å². The van der Waals surface area contributed by atoms with Gasteiger partial charge in [0.05, 0.1) is 5.69 Å². The largest absolute Gasteiger partial charge is 0.352 e. The van der Waals surface area contributed by atoms with E-state index in [1.54, 1.807) is 0 Å². The predicted octanol–water partition coefficient (Wildman–Crippen LogP) is 6.41. The van der Waals surface area contributed by atoms with Crippen LogP contribution in [-0.2, 0) is 12.8 Å². The van der Waals surface area contributed by atoms with E-state index in [1.807, 2.05) is 12.1 Å². The lowest BCUT2D eigenvalue weighted by atomic mass is 10.1. The maximum atomic E-state index is 12.8. The van der Waals surface area contributed by atoms with E-state index in [9.17, 15) is 4.79 Å². The molecule has 1 aliphatic carbocycles. The Morgan fingerprint density at radius 2 is 1.51 bits per heavy atom. The van der Waals surface area contributed by atoms with Crippen LogP contribution >= 0.6 is 0 Å². The van der Waals surface area contributed by atoms with Crippen molar-refractivity contribution in [2.75, 3.05) is 26.2 Å². The molecule has 35 heavy (non-hydrogen) atoms. The van der Waals surface area contributed by atoms with Gasteiger partial charge < -0.3 is 14.8 Å². The number of aryl methyl sites for hydroxylation is 1.